The Labute approximate surface area is 200 Å². The number of hydrogen-bond acceptors (Lipinski definition) is 6. The van der Waals surface area contributed by atoms with Gasteiger partial charge in [-0.3, -0.25) is 4.79 Å². The lowest BCUT2D eigenvalue weighted by Crippen LogP contribution is -2.44. The number of nitrogens with one attached hydrogen (secondary N) is 1. The molecule has 33 heavy (non-hydrogen) atoms. The second-order valence-electron chi connectivity index (χ2n) is 7.56. The van der Waals surface area contributed by atoms with Gasteiger partial charge in [-0.1, -0.05) is 11.6 Å². The Kier molecular flexibility index (Phi) is 8.34. The Balaban J connectivity index is 1.71. The van der Waals surface area contributed by atoms with Crippen molar-refractivity contribution in [1.82, 2.24) is 9.73 Å². The largest absolute Gasteiger partial charge is 0.496 e. The second kappa shape index (κ2) is 11.0. The lowest BCUT2D eigenvalue weighted by molar-refractivity contribution is -0.124. The van der Waals surface area contributed by atoms with E-state index in [1.807, 2.05) is 18.2 Å². The van der Waals surface area contributed by atoms with Crippen molar-refractivity contribution in [1.29, 1.82) is 0 Å². The van der Waals surface area contributed by atoms with Crippen LogP contribution in [0.4, 0.5) is 5.69 Å². The van der Waals surface area contributed by atoms with Gasteiger partial charge in [0.2, 0.25) is 10.0 Å². The molecule has 8 nitrogen and oxygen atoms in total. The fourth-order valence-electron chi connectivity index (χ4n) is 3.86. The highest BCUT2D eigenvalue weighted by Crippen LogP contribution is 2.27. The van der Waals surface area contributed by atoms with Gasteiger partial charge in [0, 0.05) is 42.0 Å². The van der Waals surface area contributed by atoms with Crippen LogP contribution in [0, 0.1) is 0 Å². The van der Waals surface area contributed by atoms with Gasteiger partial charge in [0.25, 0.3) is 5.91 Å². The van der Waals surface area contributed by atoms with E-state index in [1.165, 1.54) is 34.8 Å². The fourth-order valence-corrected chi connectivity index (χ4v) is 5.65. The summed E-state index contributed by atoms with van der Waals surface area (Å²) in [5.41, 5.74) is 4.22. The predicted molar refractivity (Wildman–Crippen MR) is 131 cm³/mol. The third-order valence-corrected chi connectivity index (χ3v) is 7.82. The number of benzene rings is 2. The molecule has 10 heteroatoms. The molecule has 1 aliphatic heterocycles. The molecule has 0 bridgehead atoms. The van der Waals surface area contributed by atoms with E-state index < -0.39 is 22.0 Å². The zero-order valence-electron chi connectivity index (χ0n) is 19.0. The van der Waals surface area contributed by atoms with E-state index in [-0.39, 0.29) is 11.4 Å². The first-order chi connectivity index (χ1) is 15.8. The maximum atomic E-state index is 13.0. The SMILES string of the molecule is CCN(CC)c1ccc(/C=N\NC(=O)[C@H]2CCCN2S(=O)(=O)c2ccc(Cl)cc2)c(OC)c1. The quantitative estimate of drug-likeness (QED) is 0.427. The molecule has 178 valence electrons. The van der Waals surface area contributed by atoms with Gasteiger partial charge >= 0.3 is 0 Å². The van der Waals surface area contributed by atoms with E-state index in [4.69, 9.17) is 16.3 Å². The molecule has 1 heterocycles. The van der Waals surface area contributed by atoms with Crippen molar-refractivity contribution in [2.45, 2.75) is 37.6 Å². The molecule has 2 aromatic rings. The smallest absolute Gasteiger partial charge is 0.258 e. The van der Waals surface area contributed by atoms with Crippen LogP contribution in [0.15, 0.2) is 52.5 Å². The summed E-state index contributed by atoms with van der Waals surface area (Å²) in [6, 6.07) is 10.9. The zero-order chi connectivity index (χ0) is 24.0. The number of carbonyl (C=O) groups excluding carboxylic acids is 1. The van der Waals surface area contributed by atoms with E-state index in [2.05, 4.69) is 29.3 Å². The summed E-state index contributed by atoms with van der Waals surface area (Å²) in [5, 5.41) is 4.50. The minimum Gasteiger partial charge on any atom is -0.496 e. The lowest BCUT2D eigenvalue weighted by Gasteiger charge is -2.22. The molecule has 0 aliphatic carbocycles. The normalized spacial score (nSPS) is 16.8. The third kappa shape index (κ3) is 5.66. The third-order valence-electron chi connectivity index (χ3n) is 5.65. The molecule has 0 spiro atoms. The number of methoxy groups -OCH3 is 1. The lowest BCUT2D eigenvalue weighted by atomic mass is 10.2. The Morgan fingerprint density at radius 1 is 1.24 bits per heavy atom. The number of hydrazone groups is 1. The van der Waals surface area contributed by atoms with Gasteiger partial charge in [0.15, 0.2) is 0 Å². The van der Waals surface area contributed by atoms with Crippen LogP contribution in [-0.2, 0) is 14.8 Å². The maximum Gasteiger partial charge on any atom is 0.258 e. The summed E-state index contributed by atoms with van der Waals surface area (Å²) < 4.78 is 32.7. The highest BCUT2D eigenvalue weighted by molar-refractivity contribution is 7.89. The number of anilines is 1. The van der Waals surface area contributed by atoms with Crippen LogP contribution in [0.2, 0.25) is 5.02 Å². The molecular formula is C23H29ClN4O4S. The van der Waals surface area contributed by atoms with Crippen LogP contribution in [0.3, 0.4) is 0 Å². The van der Waals surface area contributed by atoms with Gasteiger partial charge in [-0.05, 0) is 63.1 Å². The molecule has 1 aliphatic rings. The van der Waals surface area contributed by atoms with E-state index in [9.17, 15) is 13.2 Å². The standard InChI is InChI=1S/C23H29ClN4O4S/c1-4-27(5-2)19-11-8-17(22(15-19)32-3)16-25-26-23(29)21-7-6-14-28(21)33(30,31)20-12-9-18(24)10-13-20/h8-13,15-16,21H,4-7,14H2,1-3H3,(H,26,29)/b25-16-/t21-/m1/s1. The fraction of sp³-hybridized carbons (Fsp3) is 0.391. The molecule has 1 atom stereocenters. The van der Waals surface area contributed by atoms with Gasteiger partial charge in [0.1, 0.15) is 11.8 Å². The Bertz CT molecular complexity index is 1100. The van der Waals surface area contributed by atoms with Crippen molar-refractivity contribution in [2.75, 3.05) is 31.6 Å². The molecule has 0 radical (unpaired) electrons. The first-order valence-corrected chi connectivity index (χ1v) is 12.7. The van der Waals surface area contributed by atoms with Gasteiger partial charge < -0.3 is 9.64 Å². The van der Waals surface area contributed by atoms with Gasteiger partial charge in [-0.25, -0.2) is 13.8 Å². The molecule has 0 saturated carbocycles. The molecule has 2 aromatic carbocycles. The zero-order valence-corrected chi connectivity index (χ0v) is 20.6. The van der Waals surface area contributed by atoms with Crippen molar-refractivity contribution >= 4 is 39.4 Å². The number of amides is 1. The average molecular weight is 493 g/mol. The van der Waals surface area contributed by atoms with E-state index in [1.54, 1.807) is 7.11 Å². The highest BCUT2D eigenvalue weighted by Gasteiger charge is 2.39. The molecular weight excluding hydrogens is 464 g/mol. The number of ether oxygens (including phenoxy) is 1. The summed E-state index contributed by atoms with van der Waals surface area (Å²) in [4.78, 5) is 15.1. The van der Waals surface area contributed by atoms with Crippen LogP contribution >= 0.6 is 11.6 Å². The van der Waals surface area contributed by atoms with Gasteiger partial charge in [-0.2, -0.15) is 9.41 Å². The Hall–Kier alpha value is -2.62. The molecule has 1 amide bonds. The number of hydrogen-bond donors (Lipinski definition) is 1. The molecule has 1 N–H and O–H groups in total. The van der Waals surface area contributed by atoms with Crippen molar-refractivity contribution in [2.24, 2.45) is 5.10 Å². The Morgan fingerprint density at radius 2 is 1.94 bits per heavy atom. The van der Waals surface area contributed by atoms with Crippen LogP contribution in [-0.4, -0.2) is 57.6 Å². The summed E-state index contributed by atoms with van der Waals surface area (Å²) >= 11 is 5.87. The number of nitrogens with zero attached hydrogens (tertiary/aromatic N) is 3. The summed E-state index contributed by atoms with van der Waals surface area (Å²) in [5.74, 6) is 0.158. The minimum absolute atomic E-state index is 0.105. The minimum atomic E-state index is -3.82. The monoisotopic (exact) mass is 492 g/mol. The van der Waals surface area contributed by atoms with Crippen LogP contribution in [0.5, 0.6) is 5.75 Å². The second-order valence-corrected chi connectivity index (χ2v) is 9.89. The first-order valence-electron chi connectivity index (χ1n) is 10.8. The summed E-state index contributed by atoms with van der Waals surface area (Å²) in [7, 11) is -2.24. The van der Waals surface area contributed by atoms with E-state index in [0.717, 1.165) is 18.8 Å². The van der Waals surface area contributed by atoms with E-state index >= 15 is 0 Å². The number of sulfonamides is 1. The van der Waals surface area contributed by atoms with Crippen molar-refractivity contribution in [3.05, 3.63) is 53.1 Å². The van der Waals surface area contributed by atoms with Gasteiger partial charge in [-0.15, -0.1) is 0 Å². The highest BCUT2D eigenvalue weighted by atomic mass is 35.5. The number of rotatable bonds is 9. The van der Waals surface area contributed by atoms with Gasteiger partial charge in [0.05, 0.1) is 18.2 Å². The number of carbonyl (C=O) groups is 1. The predicted octanol–water partition coefficient (Wildman–Crippen LogP) is 3.50. The first kappa shape index (κ1) is 25.0. The summed E-state index contributed by atoms with van der Waals surface area (Å²) in [6.07, 6.45) is 2.51. The van der Waals surface area contributed by atoms with Crippen LogP contribution < -0.4 is 15.1 Å². The Morgan fingerprint density at radius 3 is 2.58 bits per heavy atom. The number of halogens is 1. The van der Waals surface area contributed by atoms with Crippen LogP contribution in [0.25, 0.3) is 0 Å². The molecule has 0 unspecified atom stereocenters. The molecule has 3 rings (SSSR count). The topological polar surface area (TPSA) is 91.3 Å². The maximum absolute atomic E-state index is 13.0. The molecule has 0 aromatic heterocycles. The average Bonchev–Trinajstić information content (AvgIpc) is 3.32. The van der Waals surface area contributed by atoms with Crippen molar-refractivity contribution < 1.29 is 17.9 Å². The van der Waals surface area contributed by atoms with E-state index in [0.29, 0.717) is 29.2 Å². The van der Waals surface area contributed by atoms with Crippen LogP contribution in [0.1, 0.15) is 32.3 Å². The molecule has 1 fully saturated rings. The van der Waals surface area contributed by atoms with Crippen molar-refractivity contribution in [3.8, 4) is 5.75 Å². The van der Waals surface area contributed by atoms with Crippen molar-refractivity contribution in [3.63, 3.8) is 0 Å². The molecule has 1 saturated heterocycles. The summed E-state index contributed by atoms with van der Waals surface area (Å²) in [6.45, 7) is 6.19.